The molecule has 0 bridgehead atoms. The molecule has 3 atom stereocenters. The van der Waals surface area contributed by atoms with Crippen molar-refractivity contribution >= 4 is 12.0 Å². The molecule has 2 aromatic rings. The summed E-state index contributed by atoms with van der Waals surface area (Å²) in [5.41, 5.74) is 3.89. The van der Waals surface area contributed by atoms with Crippen molar-refractivity contribution < 1.29 is 33.3 Å². The maximum Gasteiger partial charge on any atom is 0.408 e. The highest BCUT2D eigenvalue weighted by atomic mass is 16.6. The van der Waals surface area contributed by atoms with Gasteiger partial charge in [0.15, 0.2) is 23.0 Å². The summed E-state index contributed by atoms with van der Waals surface area (Å²) in [6.07, 6.45) is 2.79. The zero-order chi connectivity index (χ0) is 32.5. The third-order valence-corrected chi connectivity index (χ3v) is 9.81. The minimum absolute atomic E-state index is 0.125. The Hall–Kier alpha value is -3.66. The fraction of sp³-hybridized carbons (Fsp3) is 0.600. The molecule has 2 amide bonds. The lowest BCUT2D eigenvalue weighted by atomic mass is 9.60. The zero-order valence-corrected chi connectivity index (χ0v) is 28.1. The molecule has 3 heterocycles. The number of piperidine rings is 1. The van der Waals surface area contributed by atoms with Gasteiger partial charge < -0.3 is 33.9 Å². The smallest absolute Gasteiger partial charge is 0.408 e. The normalized spacial score (nSPS) is 22.8. The van der Waals surface area contributed by atoms with E-state index >= 15 is 0 Å². The van der Waals surface area contributed by atoms with Gasteiger partial charge in [-0.1, -0.05) is 13.3 Å². The third-order valence-electron chi connectivity index (χ3n) is 9.81. The Morgan fingerprint density at radius 3 is 2.11 bits per heavy atom. The number of nitrogens with zero attached hydrogens (tertiary/aromatic N) is 2. The molecule has 10 nitrogen and oxygen atoms in total. The molecule has 3 aliphatic rings. The van der Waals surface area contributed by atoms with E-state index in [0.717, 1.165) is 43.9 Å². The van der Waals surface area contributed by atoms with Crippen LogP contribution in [0.5, 0.6) is 23.0 Å². The fourth-order valence-corrected chi connectivity index (χ4v) is 7.69. The fourth-order valence-electron chi connectivity index (χ4n) is 7.69. The van der Waals surface area contributed by atoms with Gasteiger partial charge in [-0.25, -0.2) is 4.79 Å². The van der Waals surface area contributed by atoms with Crippen molar-refractivity contribution in [1.29, 1.82) is 0 Å². The van der Waals surface area contributed by atoms with Crippen molar-refractivity contribution in [2.45, 2.75) is 70.4 Å². The average molecular weight is 624 g/mol. The predicted molar refractivity (Wildman–Crippen MR) is 172 cm³/mol. The Morgan fingerprint density at radius 1 is 0.889 bits per heavy atom. The summed E-state index contributed by atoms with van der Waals surface area (Å²) >= 11 is 0. The highest BCUT2D eigenvalue weighted by molar-refractivity contribution is 5.82. The molecule has 1 N–H and O–H groups in total. The van der Waals surface area contributed by atoms with Crippen molar-refractivity contribution in [3.63, 3.8) is 0 Å². The quantitative estimate of drug-likeness (QED) is 0.465. The lowest BCUT2D eigenvalue weighted by molar-refractivity contribution is -0.132. The Bertz CT molecular complexity index is 1420. The van der Waals surface area contributed by atoms with Crippen molar-refractivity contribution in [2.24, 2.45) is 5.92 Å². The van der Waals surface area contributed by atoms with Crippen molar-refractivity contribution in [3.8, 4) is 23.0 Å². The summed E-state index contributed by atoms with van der Waals surface area (Å²) in [4.78, 5) is 30.8. The van der Waals surface area contributed by atoms with Gasteiger partial charge in [-0.05, 0) is 92.5 Å². The van der Waals surface area contributed by atoms with E-state index in [2.05, 4.69) is 41.4 Å². The summed E-state index contributed by atoms with van der Waals surface area (Å²) in [5, 5.41) is 2.69. The number of rotatable bonds is 7. The molecule has 45 heavy (non-hydrogen) atoms. The monoisotopic (exact) mass is 623 g/mol. The summed E-state index contributed by atoms with van der Waals surface area (Å²) < 4.78 is 28.4. The van der Waals surface area contributed by atoms with E-state index < -0.39 is 11.7 Å². The SMILES string of the molecule is CCC1CN2CCc3cc(OC)c(OC)cc3C2CC12CN(C(=O)CNC(=O)OC(C)(C)C)CCc1cc(OC)c(OC)cc12. The Morgan fingerprint density at radius 2 is 1.49 bits per heavy atom. The van der Waals surface area contributed by atoms with Gasteiger partial charge in [0, 0.05) is 37.6 Å². The van der Waals surface area contributed by atoms with Gasteiger partial charge in [0.1, 0.15) is 12.1 Å². The molecule has 0 aromatic heterocycles. The first-order valence-electron chi connectivity index (χ1n) is 16.0. The van der Waals surface area contributed by atoms with Crippen molar-refractivity contribution in [2.75, 3.05) is 61.2 Å². The van der Waals surface area contributed by atoms with Crippen LogP contribution in [0, 0.1) is 5.92 Å². The maximum atomic E-state index is 13.8. The summed E-state index contributed by atoms with van der Waals surface area (Å²) in [6, 6.07) is 8.64. The van der Waals surface area contributed by atoms with Crippen LogP contribution >= 0.6 is 0 Å². The van der Waals surface area contributed by atoms with E-state index in [-0.39, 0.29) is 29.8 Å². The summed E-state index contributed by atoms with van der Waals surface area (Å²) in [6.45, 7) is 10.5. The number of carbonyl (C=O) groups excluding carboxylic acids is 2. The van der Waals surface area contributed by atoms with Crippen LogP contribution in [0.2, 0.25) is 0 Å². The molecule has 1 fully saturated rings. The summed E-state index contributed by atoms with van der Waals surface area (Å²) in [5.74, 6) is 2.99. The number of alkyl carbamates (subject to hydrolysis) is 1. The number of methoxy groups -OCH3 is 4. The molecule has 1 spiro atoms. The Balaban J connectivity index is 1.58. The molecule has 2 aromatic carbocycles. The van der Waals surface area contributed by atoms with E-state index in [1.54, 1.807) is 49.2 Å². The van der Waals surface area contributed by atoms with Crippen molar-refractivity contribution in [1.82, 2.24) is 15.1 Å². The molecular weight excluding hydrogens is 574 g/mol. The minimum atomic E-state index is -0.648. The second-order valence-corrected chi connectivity index (χ2v) is 13.4. The number of amides is 2. The molecule has 0 saturated carbocycles. The van der Waals surface area contributed by atoms with Gasteiger partial charge in [0.25, 0.3) is 0 Å². The molecule has 0 aliphatic carbocycles. The number of hydrogen-bond acceptors (Lipinski definition) is 8. The van der Waals surface area contributed by atoms with Crippen LogP contribution < -0.4 is 24.3 Å². The molecule has 5 rings (SSSR count). The molecule has 1 saturated heterocycles. The molecule has 0 radical (unpaired) electrons. The molecule has 3 unspecified atom stereocenters. The highest BCUT2D eigenvalue weighted by Crippen LogP contribution is 2.54. The number of ether oxygens (including phenoxy) is 5. The number of benzene rings is 2. The molecular formula is C35H49N3O7. The Labute approximate surface area is 267 Å². The van der Waals surface area contributed by atoms with Gasteiger partial charge in [-0.15, -0.1) is 0 Å². The first-order chi connectivity index (χ1) is 21.5. The number of nitrogens with one attached hydrogen (secondary N) is 1. The van der Waals surface area contributed by atoms with Gasteiger partial charge in [0.05, 0.1) is 28.4 Å². The van der Waals surface area contributed by atoms with Gasteiger partial charge in [-0.3, -0.25) is 9.69 Å². The Kier molecular flexibility index (Phi) is 9.44. The van der Waals surface area contributed by atoms with Crippen molar-refractivity contribution in [3.05, 3.63) is 46.5 Å². The lowest BCUT2D eigenvalue weighted by Crippen LogP contribution is -2.58. The van der Waals surface area contributed by atoms with Gasteiger partial charge >= 0.3 is 6.09 Å². The maximum absolute atomic E-state index is 13.8. The van der Waals surface area contributed by atoms with Crippen LogP contribution in [-0.2, 0) is 27.8 Å². The second kappa shape index (κ2) is 13.0. The molecule has 246 valence electrons. The van der Waals surface area contributed by atoms with Gasteiger partial charge in [0.2, 0.25) is 5.91 Å². The summed E-state index contributed by atoms with van der Waals surface area (Å²) in [7, 11) is 6.68. The van der Waals surface area contributed by atoms with Crippen LogP contribution in [0.4, 0.5) is 4.79 Å². The molecule has 3 aliphatic heterocycles. The minimum Gasteiger partial charge on any atom is -0.493 e. The number of carbonyl (C=O) groups is 2. The van der Waals surface area contributed by atoms with Crippen LogP contribution in [0.3, 0.4) is 0 Å². The highest BCUT2D eigenvalue weighted by Gasteiger charge is 2.52. The standard InChI is InChI=1S/C35H49N3O7/c1-9-24-20-37-12-10-22-14-28(41-5)30(43-7)16-25(22)27(37)18-35(24)21-38(32(39)19-36-33(40)45-34(2,3)4)13-11-23-15-29(42-6)31(44-8)17-26(23)35/h14-17,24,27H,9-13,18-21H2,1-8H3,(H,36,40). The van der Waals surface area contributed by atoms with Gasteiger partial charge in [-0.2, -0.15) is 0 Å². The van der Waals surface area contributed by atoms with Crippen LogP contribution in [0.25, 0.3) is 0 Å². The average Bonchev–Trinajstić information content (AvgIpc) is 3.17. The first kappa shape index (κ1) is 32.7. The number of hydrogen-bond donors (Lipinski definition) is 1. The van der Waals surface area contributed by atoms with E-state index in [0.29, 0.717) is 31.0 Å². The third kappa shape index (κ3) is 6.39. The van der Waals surface area contributed by atoms with Crippen LogP contribution in [-0.4, -0.2) is 88.6 Å². The second-order valence-electron chi connectivity index (χ2n) is 13.4. The number of fused-ring (bicyclic) bond motifs is 5. The lowest BCUT2D eigenvalue weighted by Gasteiger charge is -2.55. The van der Waals surface area contributed by atoms with E-state index in [4.69, 9.17) is 23.7 Å². The van der Waals surface area contributed by atoms with E-state index in [9.17, 15) is 9.59 Å². The molecule has 10 heteroatoms. The van der Waals surface area contributed by atoms with E-state index in [1.807, 2.05) is 4.90 Å². The predicted octanol–water partition coefficient (Wildman–Crippen LogP) is 4.90. The van der Waals surface area contributed by atoms with Crippen LogP contribution in [0.15, 0.2) is 24.3 Å². The topological polar surface area (TPSA) is 98.8 Å². The van der Waals surface area contributed by atoms with E-state index in [1.165, 1.54) is 22.3 Å². The van der Waals surface area contributed by atoms with Crippen LogP contribution in [0.1, 0.15) is 68.8 Å². The largest absolute Gasteiger partial charge is 0.493 e. The first-order valence-corrected chi connectivity index (χ1v) is 16.0. The zero-order valence-electron chi connectivity index (χ0n) is 28.1.